The maximum atomic E-state index is 12.4. The van der Waals surface area contributed by atoms with Crippen LogP contribution in [-0.2, 0) is 9.59 Å². The summed E-state index contributed by atoms with van der Waals surface area (Å²) >= 11 is 0. The number of rotatable bonds is 3. The van der Waals surface area contributed by atoms with Crippen molar-refractivity contribution in [2.24, 2.45) is 17.8 Å². The molecule has 3 atom stereocenters. The third-order valence-corrected chi connectivity index (χ3v) is 4.13. The molecule has 2 saturated heterocycles. The minimum atomic E-state index is -0.759. The van der Waals surface area contributed by atoms with Crippen molar-refractivity contribution in [1.82, 2.24) is 10.2 Å². The van der Waals surface area contributed by atoms with Gasteiger partial charge >= 0.3 is 5.97 Å². The first-order valence-electron chi connectivity index (χ1n) is 6.79. The number of amides is 1. The average molecular weight is 254 g/mol. The molecule has 3 unspecified atom stereocenters. The summed E-state index contributed by atoms with van der Waals surface area (Å²) in [5, 5.41) is 12.1. The van der Waals surface area contributed by atoms with Crippen LogP contribution >= 0.6 is 0 Å². The molecule has 18 heavy (non-hydrogen) atoms. The molecule has 0 aromatic heterocycles. The number of carbonyl (C=O) groups excluding carboxylic acids is 1. The highest BCUT2D eigenvalue weighted by Crippen LogP contribution is 2.24. The summed E-state index contributed by atoms with van der Waals surface area (Å²) in [4.78, 5) is 25.0. The van der Waals surface area contributed by atoms with Gasteiger partial charge < -0.3 is 15.3 Å². The van der Waals surface area contributed by atoms with Gasteiger partial charge in [0.15, 0.2) is 0 Å². The first-order chi connectivity index (χ1) is 8.58. The van der Waals surface area contributed by atoms with Gasteiger partial charge in [-0.2, -0.15) is 0 Å². The standard InChI is InChI=1S/C13H22N2O3/c1-9-6-14-7-11(9)13(18)15-4-2-3-10(8-15)5-12(16)17/h9-11,14H,2-8H2,1H3,(H,16,17). The second-order valence-corrected chi connectivity index (χ2v) is 5.63. The van der Waals surface area contributed by atoms with Gasteiger partial charge in [-0.1, -0.05) is 6.92 Å². The second-order valence-electron chi connectivity index (χ2n) is 5.63. The molecule has 0 spiro atoms. The summed E-state index contributed by atoms with van der Waals surface area (Å²) < 4.78 is 0. The SMILES string of the molecule is CC1CNCC1C(=O)N1CCCC(CC(=O)O)C1. The van der Waals surface area contributed by atoms with Crippen LogP contribution in [-0.4, -0.2) is 48.1 Å². The van der Waals surface area contributed by atoms with Crippen LogP contribution in [0.25, 0.3) is 0 Å². The number of likely N-dealkylation sites (tertiary alicyclic amines) is 1. The van der Waals surface area contributed by atoms with E-state index < -0.39 is 5.97 Å². The Labute approximate surface area is 108 Å². The van der Waals surface area contributed by atoms with E-state index >= 15 is 0 Å². The van der Waals surface area contributed by atoms with E-state index in [9.17, 15) is 9.59 Å². The first-order valence-corrected chi connectivity index (χ1v) is 6.79. The summed E-state index contributed by atoms with van der Waals surface area (Å²) in [7, 11) is 0. The van der Waals surface area contributed by atoms with Gasteiger partial charge in [0, 0.05) is 26.1 Å². The lowest BCUT2D eigenvalue weighted by Gasteiger charge is -2.34. The Morgan fingerprint density at radius 2 is 2.17 bits per heavy atom. The Balaban J connectivity index is 1.91. The van der Waals surface area contributed by atoms with Crippen LogP contribution in [0.5, 0.6) is 0 Å². The Hall–Kier alpha value is -1.10. The molecule has 0 aromatic rings. The lowest BCUT2D eigenvalue weighted by molar-refractivity contribution is -0.142. The largest absolute Gasteiger partial charge is 0.481 e. The molecule has 2 N–H and O–H groups in total. The molecule has 5 heteroatoms. The smallest absolute Gasteiger partial charge is 0.303 e. The topological polar surface area (TPSA) is 69.6 Å². The molecule has 0 saturated carbocycles. The monoisotopic (exact) mass is 254 g/mol. The molecule has 0 aromatic carbocycles. The lowest BCUT2D eigenvalue weighted by Crippen LogP contribution is -2.45. The van der Waals surface area contributed by atoms with E-state index in [4.69, 9.17) is 5.11 Å². The normalized spacial score (nSPS) is 32.5. The van der Waals surface area contributed by atoms with Gasteiger partial charge in [-0.15, -0.1) is 0 Å². The fourth-order valence-electron chi connectivity index (χ4n) is 3.05. The number of nitrogens with one attached hydrogen (secondary N) is 1. The predicted octanol–water partition coefficient (Wildman–Crippen LogP) is 0.555. The van der Waals surface area contributed by atoms with Crippen molar-refractivity contribution in [3.63, 3.8) is 0 Å². The Kier molecular flexibility index (Phi) is 4.22. The second kappa shape index (κ2) is 5.69. The van der Waals surface area contributed by atoms with Gasteiger partial charge in [0.05, 0.1) is 5.92 Å². The molecule has 0 radical (unpaired) electrons. The van der Waals surface area contributed by atoms with Crippen LogP contribution in [0.2, 0.25) is 0 Å². The number of hydrogen-bond donors (Lipinski definition) is 2. The Morgan fingerprint density at radius 3 is 2.78 bits per heavy atom. The van der Waals surface area contributed by atoms with Gasteiger partial charge in [0.1, 0.15) is 0 Å². The average Bonchev–Trinajstić information content (AvgIpc) is 2.74. The fourth-order valence-corrected chi connectivity index (χ4v) is 3.05. The van der Waals surface area contributed by atoms with Crippen LogP contribution in [0.1, 0.15) is 26.2 Å². The maximum Gasteiger partial charge on any atom is 0.303 e. The molecule has 1 amide bonds. The zero-order valence-corrected chi connectivity index (χ0v) is 10.9. The number of carboxylic acid groups (broad SMARTS) is 1. The van der Waals surface area contributed by atoms with Crippen molar-refractivity contribution >= 4 is 11.9 Å². The molecule has 2 aliphatic heterocycles. The fraction of sp³-hybridized carbons (Fsp3) is 0.846. The predicted molar refractivity (Wildman–Crippen MR) is 67.1 cm³/mol. The van der Waals surface area contributed by atoms with Gasteiger partial charge in [0.25, 0.3) is 0 Å². The molecular formula is C13H22N2O3. The van der Waals surface area contributed by atoms with E-state index in [0.717, 1.165) is 32.5 Å². The first kappa shape index (κ1) is 13.3. The number of nitrogens with zero attached hydrogens (tertiary/aromatic N) is 1. The number of piperidine rings is 1. The highest BCUT2D eigenvalue weighted by atomic mass is 16.4. The summed E-state index contributed by atoms with van der Waals surface area (Å²) in [6.45, 7) is 5.18. The summed E-state index contributed by atoms with van der Waals surface area (Å²) in [5.41, 5.74) is 0. The summed E-state index contributed by atoms with van der Waals surface area (Å²) in [5.74, 6) is 0.0450. The minimum absolute atomic E-state index is 0.0774. The van der Waals surface area contributed by atoms with Crippen LogP contribution < -0.4 is 5.32 Å². The molecule has 0 aliphatic carbocycles. The van der Waals surface area contributed by atoms with Crippen molar-refractivity contribution in [3.8, 4) is 0 Å². The van der Waals surface area contributed by atoms with Crippen molar-refractivity contribution in [2.75, 3.05) is 26.2 Å². The molecule has 0 bridgehead atoms. The number of carboxylic acids is 1. The van der Waals surface area contributed by atoms with Crippen molar-refractivity contribution in [2.45, 2.75) is 26.2 Å². The third-order valence-electron chi connectivity index (χ3n) is 4.13. The molecule has 2 fully saturated rings. The minimum Gasteiger partial charge on any atom is -0.481 e. The van der Waals surface area contributed by atoms with Crippen LogP contribution in [0.4, 0.5) is 0 Å². The zero-order chi connectivity index (χ0) is 13.1. The van der Waals surface area contributed by atoms with Crippen molar-refractivity contribution in [3.05, 3.63) is 0 Å². The maximum absolute atomic E-state index is 12.4. The van der Waals surface area contributed by atoms with E-state index in [1.54, 1.807) is 0 Å². The van der Waals surface area contributed by atoms with Gasteiger partial charge in [-0.05, 0) is 31.2 Å². The van der Waals surface area contributed by atoms with Crippen LogP contribution in [0, 0.1) is 17.8 Å². The van der Waals surface area contributed by atoms with E-state index in [2.05, 4.69) is 12.2 Å². The van der Waals surface area contributed by atoms with Crippen LogP contribution in [0.15, 0.2) is 0 Å². The molecule has 2 heterocycles. The molecule has 2 rings (SSSR count). The van der Waals surface area contributed by atoms with E-state index in [1.807, 2.05) is 4.90 Å². The molecule has 102 valence electrons. The summed E-state index contributed by atoms with van der Waals surface area (Å²) in [6.07, 6.45) is 2.04. The van der Waals surface area contributed by atoms with E-state index in [1.165, 1.54) is 0 Å². The van der Waals surface area contributed by atoms with E-state index in [0.29, 0.717) is 12.5 Å². The van der Waals surface area contributed by atoms with Crippen molar-refractivity contribution in [1.29, 1.82) is 0 Å². The summed E-state index contributed by atoms with van der Waals surface area (Å²) in [6, 6.07) is 0. The van der Waals surface area contributed by atoms with E-state index in [-0.39, 0.29) is 24.2 Å². The third kappa shape index (κ3) is 3.02. The van der Waals surface area contributed by atoms with Crippen LogP contribution in [0.3, 0.4) is 0 Å². The Morgan fingerprint density at radius 1 is 1.39 bits per heavy atom. The quantitative estimate of drug-likeness (QED) is 0.772. The van der Waals surface area contributed by atoms with Gasteiger partial charge in [0.2, 0.25) is 5.91 Å². The van der Waals surface area contributed by atoms with Gasteiger partial charge in [-0.25, -0.2) is 0 Å². The highest BCUT2D eigenvalue weighted by Gasteiger charge is 2.34. The van der Waals surface area contributed by atoms with Crippen molar-refractivity contribution < 1.29 is 14.7 Å². The number of hydrogen-bond acceptors (Lipinski definition) is 3. The molecular weight excluding hydrogens is 232 g/mol. The number of aliphatic carboxylic acids is 1. The lowest BCUT2D eigenvalue weighted by atomic mass is 9.91. The zero-order valence-electron chi connectivity index (χ0n) is 10.9. The molecule has 2 aliphatic rings. The number of carbonyl (C=O) groups is 2. The van der Waals surface area contributed by atoms with Gasteiger partial charge in [-0.3, -0.25) is 9.59 Å². The Bertz CT molecular complexity index is 332. The molecule has 5 nitrogen and oxygen atoms in total. The highest BCUT2D eigenvalue weighted by molar-refractivity contribution is 5.80.